The Bertz CT molecular complexity index is 2880. The molecule has 76 heavy (non-hydrogen) atoms. The molecular formula is C57H72FN11O7. The predicted molar refractivity (Wildman–Crippen MR) is 290 cm³/mol. The van der Waals surface area contributed by atoms with Crippen LogP contribution in [0.15, 0.2) is 91.5 Å². The second kappa shape index (κ2) is 26.2. The van der Waals surface area contributed by atoms with Crippen LogP contribution in [-0.4, -0.2) is 165 Å². The average molecular weight is 1040 g/mol. The van der Waals surface area contributed by atoms with Crippen LogP contribution >= 0.6 is 0 Å². The summed E-state index contributed by atoms with van der Waals surface area (Å²) in [6, 6.07) is 20.0. The Hall–Kier alpha value is -7.64. The van der Waals surface area contributed by atoms with Gasteiger partial charge in [0.05, 0.1) is 29.8 Å². The van der Waals surface area contributed by atoms with Gasteiger partial charge in [-0.15, -0.1) is 0 Å². The number of aryl methyl sites for hydroxylation is 2. The maximum atomic E-state index is 15.0. The van der Waals surface area contributed by atoms with Gasteiger partial charge in [-0.2, -0.15) is 0 Å². The summed E-state index contributed by atoms with van der Waals surface area (Å²) in [5.74, 6) is -1.64. The van der Waals surface area contributed by atoms with Crippen LogP contribution in [0.25, 0.3) is 11.3 Å². The highest BCUT2D eigenvalue weighted by atomic mass is 19.1. The summed E-state index contributed by atoms with van der Waals surface area (Å²) >= 11 is 0. The number of piperidine rings is 1. The van der Waals surface area contributed by atoms with Crippen LogP contribution in [0.2, 0.25) is 0 Å². The van der Waals surface area contributed by atoms with Gasteiger partial charge in [-0.25, -0.2) is 19.2 Å². The molecule has 0 bridgehead atoms. The summed E-state index contributed by atoms with van der Waals surface area (Å²) in [4.78, 5) is 94.4. The summed E-state index contributed by atoms with van der Waals surface area (Å²) in [7, 11) is 0. The van der Waals surface area contributed by atoms with Crippen LogP contribution in [0, 0.1) is 24.1 Å². The molecule has 19 heteroatoms. The fourth-order valence-electron chi connectivity index (χ4n) is 9.38. The molecule has 18 nitrogen and oxygen atoms in total. The predicted octanol–water partition coefficient (Wildman–Crippen LogP) is 7.06. The Morgan fingerprint density at radius 1 is 0.803 bits per heavy atom. The van der Waals surface area contributed by atoms with Crippen molar-refractivity contribution in [3.63, 3.8) is 0 Å². The fraction of sp³-hybridized carbons (Fsp3) is 0.421. The monoisotopic (exact) mass is 1040 g/mol. The summed E-state index contributed by atoms with van der Waals surface area (Å²) in [5.41, 5.74) is 9.52. The lowest BCUT2D eigenvalue weighted by molar-refractivity contribution is -0.134. The number of benzene rings is 3. The zero-order valence-corrected chi connectivity index (χ0v) is 43.5. The third-order valence-corrected chi connectivity index (χ3v) is 13.7. The number of hydrogen-bond donors (Lipinski definition) is 3. The Labute approximate surface area is 444 Å². The van der Waals surface area contributed by atoms with E-state index in [1.807, 2.05) is 48.9 Å². The minimum Gasteiger partial charge on any atom is -0.444 e. The lowest BCUT2D eigenvalue weighted by Crippen LogP contribution is -2.55. The first kappa shape index (κ1) is 57.6. The van der Waals surface area contributed by atoms with Crippen LogP contribution in [0.3, 0.4) is 0 Å². The second-order valence-corrected chi connectivity index (χ2v) is 20.2. The molecule has 3 fully saturated rings. The number of rotatable bonds is 14. The summed E-state index contributed by atoms with van der Waals surface area (Å²) in [6.45, 7) is 16.7. The number of nitrogens with two attached hydrogens (primary N) is 1. The number of anilines is 1. The Kier molecular flexibility index (Phi) is 19.9. The minimum absolute atomic E-state index is 0. The number of aromatic nitrogens is 3. The number of aldehydes is 1. The number of carbonyl (C=O) groups is 6. The first-order valence-corrected chi connectivity index (χ1v) is 25.5. The molecule has 404 valence electrons. The van der Waals surface area contributed by atoms with Crippen molar-refractivity contribution in [1.29, 1.82) is 5.41 Å². The van der Waals surface area contributed by atoms with Gasteiger partial charge in [-0.3, -0.25) is 34.2 Å². The van der Waals surface area contributed by atoms with E-state index in [0.717, 1.165) is 69.5 Å². The number of nitrogens with zero attached hydrogens (tertiary/aromatic N) is 8. The Morgan fingerprint density at radius 3 is 2.05 bits per heavy atom. The van der Waals surface area contributed by atoms with Crippen LogP contribution in [0.1, 0.15) is 106 Å². The van der Waals surface area contributed by atoms with Crippen molar-refractivity contribution in [3.05, 3.63) is 136 Å². The normalized spacial score (nSPS) is 15.4. The van der Waals surface area contributed by atoms with E-state index in [9.17, 15) is 28.8 Å². The van der Waals surface area contributed by atoms with E-state index < -0.39 is 29.3 Å². The molecule has 3 aromatic carbocycles. The van der Waals surface area contributed by atoms with Gasteiger partial charge < -0.3 is 40.0 Å². The molecule has 2 aromatic heterocycles. The Morgan fingerprint density at radius 2 is 1.43 bits per heavy atom. The number of amides is 5. The molecule has 0 radical (unpaired) electrons. The van der Waals surface area contributed by atoms with Crippen molar-refractivity contribution in [1.82, 2.24) is 39.0 Å². The molecule has 3 saturated heterocycles. The zero-order chi connectivity index (χ0) is 53.8. The molecule has 0 unspecified atom stereocenters. The smallest absolute Gasteiger partial charge is 0.412 e. The summed E-state index contributed by atoms with van der Waals surface area (Å²) < 4.78 is 22.4. The Balaban J connectivity index is 0.000000849. The number of nitrogens with one attached hydrogen (secondary N) is 2. The van der Waals surface area contributed by atoms with Gasteiger partial charge in [0.2, 0.25) is 11.8 Å². The summed E-state index contributed by atoms with van der Waals surface area (Å²) in [5, 5.41) is 11.3. The number of ether oxygens (including phenoxy) is 1. The summed E-state index contributed by atoms with van der Waals surface area (Å²) in [6.07, 6.45) is 7.15. The van der Waals surface area contributed by atoms with Gasteiger partial charge in [0, 0.05) is 125 Å². The highest BCUT2D eigenvalue weighted by Gasteiger charge is 2.32. The number of carbonyl (C=O) groups excluding carboxylic acids is 6. The van der Waals surface area contributed by atoms with Crippen LogP contribution < -0.4 is 11.1 Å². The second-order valence-electron chi connectivity index (χ2n) is 20.2. The molecule has 0 saturated carbocycles. The van der Waals surface area contributed by atoms with E-state index in [4.69, 9.17) is 15.9 Å². The SMILES string of the molecule is C.CCn1cnc(-c2cnc(C(=O)N3CCC(CN4CCN(CC(=O)N5CCN(C(=O)c6cc(CC(=N)c7ccccc7C(N)=O)ccc6F)CC5)CC4)CC3)c(NC(=O)OC(C)(C)C)c2)c1.Cc1ccccc1C=O. The maximum Gasteiger partial charge on any atom is 0.412 e. The molecule has 8 rings (SSSR count). The molecular weight excluding hydrogens is 970 g/mol. The number of hydrogen-bond acceptors (Lipinski definition) is 12. The van der Waals surface area contributed by atoms with Crippen molar-refractivity contribution >= 4 is 47.4 Å². The van der Waals surface area contributed by atoms with Crippen LogP contribution in [0.4, 0.5) is 14.9 Å². The first-order chi connectivity index (χ1) is 35.9. The van der Waals surface area contributed by atoms with E-state index in [2.05, 4.69) is 25.1 Å². The van der Waals surface area contributed by atoms with Gasteiger partial charge in [0.1, 0.15) is 17.7 Å². The number of primary amides is 1. The molecule has 0 atom stereocenters. The van der Waals surface area contributed by atoms with Crippen molar-refractivity contribution < 1.29 is 37.9 Å². The van der Waals surface area contributed by atoms with Crippen molar-refractivity contribution in [2.45, 2.75) is 73.5 Å². The van der Waals surface area contributed by atoms with Gasteiger partial charge in [-0.05, 0) is 88.8 Å². The van der Waals surface area contributed by atoms with Crippen molar-refractivity contribution in [2.24, 2.45) is 11.7 Å². The lowest BCUT2D eigenvalue weighted by Gasteiger charge is -2.40. The van der Waals surface area contributed by atoms with Crippen molar-refractivity contribution in [2.75, 3.05) is 83.9 Å². The van der Waals surface area contributed by atoms with Crippen LogP contribution in [0.5, 0.6) is 0 Å². The van der Waals surface area contributed by atoms with Gasteiger partial charge in [0.25, 0.3) is 11.8 Å². The molecule has 0 aliphatic carbocycles. The largest absolute Gasteiger partial charge is 0.444 e. The highest BCUT2D eigenvalue weighted by Crippen LogP contribution is 2.28. The zero-order valence-electron chi connectivity index (χ0n) is 43.5. The number of halogens is 1. The maximum absolute atomic E-state index is 15.0. The van der Waals surface area contributed by atoms with E-state index in [0.29, 0.717) is 54.5 Å². The van der Waals surface area contributed by atoms with E-state index >= 15 is 4.39 Å². The lowest BCUT2D eigenvalue weighted by atomic mass is 9.95. The van der Waals surface area contributed by atoms with Gasteiger partial charge in [-0.1, -0.05) is 56.0 Å². The number of imidazole rings is 1. The quantitative estimate of drug-likeness (QED) is 0.0755. The molecule has 5 amide bonds. The minimum atomic E-state index is -0.728. The van der Waals surface area contributed by atoms with E-state index in [-0.39, 0.29) is 73.5 Å². The van der Waals surface area contributed by atoms with E-state index in [1.54, 1.807) is 78.3 Å². The van der Waals surface area contributed by atoms with Gasteiger partial charge >= 0.3 is 6.09 Å². The molecule has 0 spiro atoms. The highest BCUT2D eigenvalue weighted by molar-refractivity contribution is 6.09. The number of likely N-dealkylation sites (tertiary alicyclic amines) is 1. The molecule has 3 aliphatic rings. The standard InChI is InChI=1S/C48H60FN11O6.C8H8O.CH4/c1-5-55-29-41(53-31-55)34-26-40(54-47(65)66-48(2,3)4)43(52-27-34)46(64)59-14-12-32(13-15-59)28-56-16-18-57(19-17-56)30-42(61)58-20-22-60(23-21-58)45(63)37-24-33(10-11-38(37)49)25-39(50)35-8-6-7-9-36(35)44(51)62;1-7-4-2-3-5-8(7)6-9;/h6-11,24,26-27,29,31-32,50H,5,12-23,25,28,30H2,1-4H3,(H2,51,62)(H,54,65);2-6H,1H3;1H4. The molecule has 5 heterocycles. The average Bonchev–Trinajstić information content (AvgIpc) is 3.89. The number of pyridine rings is 1. The third kappa shape index (κ3) is 15.2. The fourth-order valence-corrected chi connectivity index (χ4v) is 9.38. The van der Waals surface area contributed by atoms with Gasteiger partial charge in [0.15, 0.2) is 5.69 Å². The molecule has 3 aliphatic heterocycles. The van der Waals surface area contributed by atoms with E-state index in [1.165, 1.54) is 18.2 Å². The molecule has 5 aromatic rings. The first-order valence-electron chi connectivity index (χ1n) is 25.5. The topological polar surface area (TPSA) is 220 Å². The van der Waals surface area contributed by atoms with Crippen molar-refractivity contribution in [3.8, 4) is 11.3 Å². The van der Waals surface area contributed by atoms with Crippen LogP contribution in [-0.2, 0) is 22.5 Å². The third-order valence-electron chi connectivity index (χ3n) is 13.7. The number of piperazine rings is 2. The molecule has 4 N–H and O–H groups in total.